The van der Waals surface area contributed by atoms with Gasteiger partial charge in [0.05, 0.1) is 4.90 Å². The molecule has 8 heteroatoms. The number of fused-ring (bicyclic) bond motifs is 1. The SMILES string of the molecule is CC(=O)N1CCc2ccc(S(=O)(=O)NC(C)C3CCCNC3)cc2CC1.Cl. The Morgan fingerprint density at radius 3 is 2.59 bits per heavy atom. The van der Waals surface area contributed by atoms with E-state index in [0.29, 0.717) is 30.3 Å². The Labute approximate surface area is 168 Å². The van der Waals surface area contributed by atoms with Gasteiger partial charge in [0.15, 0.2) is 0 Å². The van der Waals surface area contributed by atoms with Gasteiger partial charge in [-0.1, -0.05) is 6.07 Å². The van der Waals surface area contributed by atoms with Crippen molar-refractivity contribution < 1.29 is 13.2 Å². The highest BCUT2D eigenvalue weighted by Crippen LogP contribution is 2.22. The Kier molecular flexibility index (Phi) is 7.68. The molecule has 0 aliphatic carbocycles. The lowest BCUT2D eigenvalue weighted by Gasteiger charge is -2.28. The summed E-state index contributed by atoms with van der Waals surface area (Å²) in [6.07, 6.45) is 3.59. The molecule has 1 fully saturated rings. The summed E-state index contributed by atoms with van der Waals surface area (Å²) < 4.78 is 28.5. The van der Waals surface area contributed by atoms with Crippen molar-refractivity contribution in [3.8, 4) is 0 Å². The zero-order valence-electron chi connectivity index (χ0n) is 16.0. The highest BCUT2D eigenvalue weighted by molar-refractivity contribution is 7.89. The van der Waals surface area contributed by atoms with Gasteiger partial charge in [0, 0.05) is 26.1 Å². The van der Waals surface area contributed by atoms with Crippen molar-refractivity contribution in [2.24, 2.45) is 5.92 Å². The Bertz CT molecular complexity index is 763. The molecule has 2 heterocycles. The maximum atomic E-state index is 12.8. The van der Waals surface area contributed by atoms with Crippen molar-refractivity contribution in [1.82, 2.24) is 14.9 Å². The van der Waals surface area contributed by atoms with E-state index in [1.807, 2.05) is 17.9 Å². The molecule has 1 aromatic rings. The first-order valence-electron chi connectivity index (χ1n) is 9.47. The first kappa shape index (κ1) is 22.1. The van der Waals surface area contributed by atoms with Crippen LogP contribution in [-0.4, -0.2) is 51.4 Å². The second kappa shape index (κ2) is 9.37. The van der Waals surface area contributed by atoms with E-state index in [2.05, 4.69) is 10.0 Å². The molecule has 0 spiro atoms. The molecule has 152 valence electrons. The molecule has 0 aromatic heterocycles. The van der Waals surface area contributed by atoms with Crippen LogP contribution in [0.4, 0.5) is 0 Å². The summed E-state index contributed by atoms with van der Waals surface area (Å²) in [6, 6.07) is 5.28. The minimum atomic E-state index is -3.54. The fraction of sp³-hybridized carbons (Fsp3) is 0.632. The van der Waals surface area contributed by atoms with Gasteiger partial charge in [-0.15, -0.1) is 12.4 Å². The van der Waals surface area contributed by atoms with E-state index >= 15 is 0 Å². The van der Waals surface area contributed by atoms with Gasteiger partial charge in [0.2, 0.25) is 15.9 Å². The van der Waals surface area contributed by atoms with Crippen molar-refractivity contribution >= 4 is 28.3 Å². The number of sulfonamides is 1. The normalized spacial score (nSPS) is 21.6. The van der Waals surface area contributed by atoms with Gasteiger partial charge in [-0.05, 0) is 74.9 Å². The molecule has 0 radical (unpaired) electrons. The summed E-state index contributed by atoms with van der Waals surface area (Å²) in [4.78, 5) is 13.8. The maximum Gasteiger partial charge on any atom is 0.240 e. The summed E-state index contributed by atoms with van der Waals surface area (Å²) >= 11 is 0. The van der Waals surface area contributed by atoms with Gasteiger partial charge in [-0.3, -0.25) is 4.79 Å². The van der Waals surface area contributed by atoms with E-state index in [4.69, 9.17) is 0 Å². The lowest BCUT2D eigenvalue weighted by Crippen LogP contribution is -2.44. The third kappa shape index (κ3) is 5.44. The second-order valence-electron chi connectivity index (χ2n) is 7.45. The number of piperidine rings is 1. The van der Waals surface area contributed by atoms with Crippen LogP contribution < -0.4 is 10.0 Å². The molecule has 2 N–H and O–H groups in total. The van der Waals surface area contributed by atoms with Crippen LogP contribution >= 0.6 is 12.4 Å². The molecule has 2 aliphatic rings. The number of halogens is 1. The van der Waals surface area contributed by atoms with Gasteiger partial charge >= 0.3 is 0 Å². The summed E-state index contributed by atoms with van der Waals surface area (Å²) in [6.45, 7) is 6.73. The van der Waals surface area contributed by atoms with E-state index in [1.165, 1.54) is 0 Å². The smallest absolute Gasteiger partial charge is 0.240 e. The van der Waals surface area contributed by atoms with Crippen molar-refractivity contribution in [2.45, 2.75) is 50.5 Å². The zero-order chi connectivity index (χ0) is 18.7. The van der Waals surface area contributed by atoms with Crippen LogP contribution in [0.1, 0.15) is 37.8 Å². The van der Waals surface area contributed by atoms with E-state index in [-0.39, 0.29) is 24.4 Å². The third-order valence-electron chi connectivity index (χ3n) is 5.62. The van der Waals surface area contributed by atoms with Gasteiger partial charge in [0.1, 0.15) is 0 Å². The zero-order valence-corrected chi connectivity index (χ0v) is 17.7. The summed E-state index contributed by atoms with van der Waals surface area (Å²) in [7, 11) is -3.54. The molecule has 1 saturated heterocycles. The van der Waals surface area contributed by atoms with Gasteiger partial charge in [-0.2, -0.15) is 0 Å². The van der Waals surface area contributed by atoms with Crippen molar-refractivity contribution in [3.63, 3.8) is 0 Å². The fourth-order valence-electron chi connectivity index (χ4n) is 3.90. The van der Waals surface area contributed by atoms with Crippen LogP contribution in [0, 0.1) is 5.92 Å². The molecule has 0 bridgehead atoms. The average molecular weight is 416 g/mol. The number of carbonyl (C=O) groups excluding carboxylic acids is 1. The monoisotopic (exact) mass is 415 g/mol. The van der Waals surface area contributed by atoms with E-state index in [9.17, 15) is 13.2 Å². The Morgan fingerprint density at radius 2 is 1.96 bits per heavy atom. The van der Waals surface area contributed by atoms with Crippen LogP contribution in [0.15, 0.2) is 23.1 Å². The molecule has 3 rings (SSSR count). The number of hydrogen-bond donors (Lipinski definition) is 2. The molecular formula is C19H30ClN3O3S. The minimum Gasteiger partial charge on any atom is -0.342 e. The van der Waals surface area contributed by atoms with Gasteiger partial charge < -0.3 is 10.2 Å². The number of nitrogens with zero attached hydrogens (tertiary/aromatic N) is 1. The van der Waals surface area contributed by atoms with Gasteiger partial charge in [0.25, 0.3) is 0 Å². The molecule has 2 unspecified atom stereocenters. The fourth-order valence-corrected chi connectivity index (χ4v) is 5.26. The number of amides is 1. The number of benzene rings is 1. The first-order chi connectivity index (χ1) is 12.4. The second-order valence-corrected chi connectivity index (χ2v) is 9.17. The first-order valence-corrected chi connectivity index (χ1v) is 11.0. The lowest BCUT2D eigenvalue weighted by molar-refractivity contribution is -0.128. The van der Waals surface area contributed by atoms with E-state index in [0.717, 1.165) is 43.5 Å². The predicted molar refractivity (Wildman–Crippen MR) is 109 cm³/mol. The molecule has 27 heavy (non-hydrogen) atoms. The Hall–Kier alpha value is -1.15. The van der Waals surface area contributed by atoms with Crippen molar-refractivity contribution in [3.05, 3.63) is 29.3 Å². The number of nitrogens with one attached hydrogen (secondary N) is 2. The minimum absolute atomic E-state index is 0. The summed E-state index contributed by atoms with van der Waals surface area (Å²) in [5.74, 6) is 0.394. The summed E-state index contributed by atoms with van der Waals surface area (Å²) in [5.41, 5.74) is 2.17. The van der Waals surface area contributed by atoms with Crippen LogP contribution in [0.5, 0.6) is 0 Å². The highest BCUT2D eigenvalue weighted by atomic mass is 35.5. The topological polar surface area (TPSA) is 78.5 Å². The van der Waals surface area contributed by atoms with Crippen LogP contribution in [0.2, 0.25) is 0 Å². The van der Waals surface area contributed by atoms with Crippen molar-refractivity contribution in [1.29, 1.82) is 0 Å². The molecule has 6 nitrogen and oxygen atoms in total. The van der Waals surface area contributed by atoms with Crippen LogP contribution in [0.3, 0.4) is 0 Å². The third-order valence-corrected chi connectivity index (χ3v) is 7.18. The lowest BCUT2D eigenvalue weighted by atomic mass is 9.94. The number of hydrogen-bond acceptors (Lipinski definition) is 4. The number of carbonyl (C=O) groups is 1. The molecular weight excluding hydrogens is 386 g/mol. The van der Waals surface area contributed by atoms with Gasteiger partial charge in [-0.25, -0.2) is 13.1 Å². The standard InChI is InChI=1S/C19H29N3O3S.ClH/c1-14(18-4-3-9-20-13-18)21-26(24,25)19-6-5-16-7-10-22(15(2)23)11-8-17(16)12-19;/h5-6,12,14,18,20-21H,3-4,7-11,13H2,1-2H3;1H. The van der Waals surface area contributed by atoms with E-state index in [1.54, 1.807) is 19.1 Å². The van der Waals surface area contributed by atoms with Crippen LogP contribution in [-0.2, 0) is 27.7 Å². The predicted octanol–water partition coefficient (Wildman–Crippen LogP) is 1.72. The molecule has 1 amide bonds. The molecule has 2 aliphatic heterocycles. The highest BCUT2D eigenvalue weighted by Gasteiger charge is 2.26. The quantitative estimate of drug-likeness (QED) is 0.784. The molecule has 1 aromatic carbocycles. The van der Waals surface area contributed by atoms with E-state index < -0.39 is 10.0 Å². The van der Waals surface area contributed by atoms with Crippen molar-refractivity contribution in [2.75, 3.05) is 26.2 Å². The molecule has 0 saturated carbocycles. The Balaban J connectivity index is 0.00000261. The maximum absolute atomic E-state index is 12.8. The van der Waals surface area contributed by atoms with Crippen LogP contribution in [0.25, 0.3) is 0 Å². The average Bonchev–Trinajstić information content (AvgIpc) is 2.84. The number of rotatable bonds is 4. The largest absolute Gasteiger partial charge is 0.342 e. The summed E-state index contributed by atoms with van der Waals surface area (Å²) in [5, 5.41) is 3.34. The molecule has 2 atom stereocenters. The Morgan fingerprint density at radius 1 is 1.26 bits per heavy atom.